The zero-order chi connectivity index (χ0) is 58.0. The molecule has 15 aromatic rings. The van der Waals surface area contributed by atoms with Crippen LogP contribution < -0.4 is 20.7 Å². The van der Waals surface area contributed by atoms with Gasteiger partial charge < -0.3 is 9.13 Å². The van der Waals surface area contributed by atoms with E-state index < -0.39 is 50.4 Å². The van der Waals surface area contributed by atoms with Crippen LogP contribution in [0, 0.1) is 0 Å². The molecule has 0 aliphatic rings. The Kier molecular flexibility index (Phi) is 8.17. The Hall–Kier alpha value is -9.95. The number of hydrogen-bond acceptors (Lipinski definition) is 3. The largest absolute Gasteiger partial charge is 0.309 e. The molecule has 0 bridgehead atoms. The van der Waals surface area contributed by atoms with Crippen LogP contribution in [0.25, 0.3) is 106 Å². The molecule has 4 aromatic heterocycles. The lowest BCUT2D eigenvalue weighted by atomic mass is 10.1. The first-order chi connectivity index (χ1) is 41.5. The summed E-state index contributed by atoms with van der Waals surface area (Å²) in [6, 6.07) is 70.3. The summed E-state index contributed by atoms with van der Waals surface area (Å²) in [5.41, 5.74) is 6.48. The van der Waals surface area contributed by atoms with E-state index in [4.69, 9.17) is 19.1 Å². The molecule has 0 saturated carbocycles. The summed E-state index contributed by atoms with van der Waals surface area (Å²) in [7, 11) is -3.68. The molecule has 0 saturated heterocycles. The third-order valence-corrected chi connectivity index (χ3v) is 19.4. The van der Waals surface area contributed by atoms with Crippen LogP contribution in [0.5, 0.6) is 0 Å². The molecule has 6 nitrogen and oxygen atoms in total. The SMILES string of the molecule is [2H]c1c([2H])c([2H])c(-c2nc(-c3c([2H])c([2H])c([Si](c4ccccc4)(c4ccccc4)c4ccccc4)c([2H])c3[2H])nc(-n3c4ccccc4c4cccc(-n5c6ccccc6c6cc(-n7c8ccccc8c8ccccc87)ccc65)c43)n2)c([2H])c1[2H]. The summed E-state index contributed by atoms with van der Waals surface area (Å²) in [4.78, 5) is 15.1. The van der Waals surface area contributed by atoms with E-state index in [0.29, 0.717) is 11.0 Å². The van der Waals surface area contributed by atoms with Crippen molar-refractivity contribution in [3.8, 4) is 40.1 Å². The van der Waals surface area contributed by atoms with Gasteiger partial charge in [0.15, 0.2) is 19.7 Å². The zero-order valence-corrected chi connectivity index (χ0v) is 41.5. The molecular formula is C69H46N6Si. The van der Waals surface area contributed by atoms with Gasteiger partial charge in [-0.2, -0.15) is 9.97 Å². The van der Waals surface area contributed by atoms with Gasteiger partial charge in [0.05, 0.1) is 51.1 Å². The van der Waals surface area contributed by atoms with Crippen LogP contribution in [0.1, 0.15) is 12.3 Å². The molecule has 0 aliphatic heterocycles. The van der Waals surface area contributed by atoms with Crippen molar-refractivity contribution in [2.75, 3.05) is 0 Å². The van der Waals surface area contributed by atoms with E-state index >= 15 is 0 Å². The maximum absolute atomic E-state index is 10.2. The fraction of sp³-hybridized carbons (Fsp3) is 0. The van der Waals surface area contributed by atoms with Crippen LogP contribution in [0.3, 0.4) is 0 Å². The van der Waals surface area contributed by atoms with E-state index in [2.05, 4.69) is 88.0 Å². The van der Waals surface area contributed by atoms with Crippen molar-refractivity contribution in [1.82, 2.24) is 28.7 Å². The van der Waals surface area contributed by atoms with Gasteiger partial charge in [-0.1, -0.05) is 230 Å². The van der Waals surface area contributed by atoms with Gasteiger partial charge in [-0.25, -0.2) is 4.98 Å². The normalized spacial score (nSPS) is 13.6. The molecule has 7 heteroatoms. The minimum absolute atomic E-state index is 0.0533. The number of para-hydroxylation sites is 5. The van der Waals surface area contributed by atoms with Crippen LogP contribution in [-0.2, 0) is 0 Å². The average Bonchev–Trinajstić information content (AvgIpc) is 1.84. The molecule has 0 radical (unpaired) electrons. The molecule has 15 rings (SSSR count). The second kappa shape index (κ2) is 17.6. The van der Waals surface area contributed by atoms with E-state index in [1.54, 1.807) is 0 Å². The maximum Gasteiger partial charge on any atom is 0.238 e. The highest BCUT2D eigenvalue weighted by atomic mass is 28.3. The predicted octanol–water partition coefficient (Wildman–Crippen LogP) is 13.9. The van der Waals surface area contributed by atoms with Crippen molar-refractivity contribution in [2.45, 2.75) is 0 Å². The summed E-state index contributed by atoms with van der Waals surface area (Å²) in [5, 5.41) is 8.76. The second-order valence-corrected chi connectivity index (χ2v) is 22.6. The second-order valence-electron chi connectivity index (χ2n) is 18.8. The standard InChI is InChI=1S/C69H46N6Si/c1-5-22-47(23-6-1)67-70-68(48-40-43-53(44-41-48)76(50-24-7-2-8-25-50,51-26-9-3-10-27-51)52-28-11-4-12-29-52)72-69(71-67)75-63-38-20-15-32-56(63)58-34-21-39-65(66(58)75)74-62-37-19-16-33-57(62)59-46-49(42-45-64(59)74)73-60-35-17-13-30-54(60)55-31-14-18-36-61(55)73/h1-46H/i1D,5D,6D,22D,23D,40D,41D,43D,44D. The predicted molar refractivity (Wildman–Crippen MR) is 317 cm³/mol. The number of rotatable bonds is 9. The summed E-state index contributed by atoms with van der Waals surface area (Å²) < 4.78 is 91.7. The summed E-state index contributed by atoms with van der Waals surface area (Å²) in [6.07, 6.45) is 0. The molecule has 0 atom stereocenters. The van der Waals surface area contributed by atoms with E-state index in [-0.39, 0.29) is 46.0 Å². The number of hydrogen-bond donors (Lipinski definition) is 0. The lowest BCUT2D eigenvalue weighted by Gasteiger charge is -2.34. The molecular weight excluding hydrogens is 941 g/mol. The van der Waals surface area contributed by atoms with Crippen molar-refractivity contribution in [1.29, 1.82) is 0 Å². The molecule has 0 aliphatic carbocycles. The van der Waals surface area contributed by atoms with Gasteiger partial charge in [0, 0.05) is 49.1 Å². The van der Waals surface area contributed by atoms with E-state index in [0.717, 1.165) is 81.3 Å². The number of fused-ring (bicyclic) bond motifs is 9. The fourth-order valence-corrected chi connectivity index (χ4v) is 16.1. The summed E-state index contributed by atoms with van der Waals surface area (Å²) >= 11 is 0. The van der Waals surface area contributed by atoms with Crippen molar-refractivity contribution in [3.05, 3.63) is 279 Å². The first kappa shape index (κ1) is 35.2. The van der Waals surface area contributed by atoms with Gasteiger partial charge in [0.25, 0.3) is 0 Å². The fourth-order valence-electron chi connectivity index (χ4n) is 11.6. The Balaban J connectivity index is 1.02. The van der Waals surface area contributed by atoms with Gasteiger partial charge in [0.2, 0.25) is 5.95 Å². The molecule has 11 aromatic carbocycles. The number of aromatic nitrogens is 6. The lowest BCUT2D eigenvalue weighted by Crippen LogP contribution is -2.74. The van der Waals surface area contributed by atoms with Gasteiger partial charge in [-0.05, 0) is 69.3 Å². The Bertz CT molecular complexity index is 5050. The van der Waals surface area contributed by atoms with Gasteiger partial charge in [0.1, 0.15) is 0 Å². The minimum atomic E-state index is -3.68. The van der Waals surface area contributed by atoms with Gasteiger partial charge >= 0.3 is 0 Å². The van der Waals surface area contributed by atoms with Crippen LogP contribution in [0.2, 0.25) is 0 Å². The molecule has 356 valence electrons. The van der Waals surface area contributed by atoms with Crippen molar-refractivity contribution >= 4 is 94.2 Å². The molecule has 76 heavy (non-hydrogen) atoms. The van der Waals surface area contributed by atoms with Crippen LogP contribution >= 0.6 is 0 Å². The van der Waals surface area contributed by atoms with Crippen LogP contribution in [0.4, 0.5) is 0 Å². The molecule has 0 fully saturated rings. The molecule has 4 heterocycles. The monoisotopic (exact) mass is 995 g/mol. The maximum atomic E-state index is 10.2. The van der Waals surface area contributed by atoms with Crippen LogP contribution in [0.15, 0.2) is 279 Å². The Morgan fingerprint density at radius 2 is 0.750 bits per heavy atom. The van der Waals surface area contributed by atoms with E-state index in [9.17, 15) is 8.22 Å². The van der Waals surface area contributed by atoms with Gasteiger partial charge in [-0.15, -0.1) is 0 Å². The van der Waals surface area contributed by atoms with E-state index in [1.807, 2.05) is 150 Å². The summed E-state index contributed by atoms with van der Waals surface area (Å²) in [5.74, 6) is -0.667. The van der Waals surface area contributed by atoms with E-state index in [1.165, 1.54) is 0 Å². The molecule has 0 N–H and O–H groups in total. The lowest BCUT2D eigenvalue weighted by molar-refractivity contribution is 0.950. The van der Waals surface area contributed by atoms with Crippen molar-refractivity contribution in [2.24, 2.45) is 0 Å². The highest BCUT2D eigenvalue weighted by molar-refractivity contribution is 7.19. The third kappa shape index (κ3) is 6.69. The zero-order valence-electron chi connectivity index (χ0n) is 49.5. The number of benzene rings is 11. The highest BCUT2D eigenvalue weighted by Gasteiger charge is 2.41. The van der Waals surface area contributed by atoms with Crippen LogP contribution in [-0.4, -0.2) is 36.7 Å². The Labute approximate surface area is 452 Å². The topological polar surface area (TPSA) is 53.5 Å². The summed E-state index contributed by atoms with van der Waals surface area (Å²) in [6.45, 7) is 0. The molecule has 0 spiro atoms. The number of nitrogens with zero attached hydrogens (tertiary/aromatic N) is 6. The quantitative estimate of drug-likeness (QED) is 0.107. The highest BCUT2D eigenvalue weighted by Crippen LogP contribution is 2.41. The van der Waals surface area contributed by atoms with Crippen molar-refractivity contribution < 1.29 is 12.3 Å². The molecule has 0 unspecified atom stereocenters. The first-order valence-corrected chi connectivity index (χ1v) is 27.1. The van der Waals surface area contributed by atoms with Crippen molar-refractivity contribution in [3.63, 3.8) is 0 Å². The Morgan fingerprint density at radius 1 is 0.316 bits per heavy atom. The Morgan fingerprint density at radius 3 is 1.30 bits per heavy atom. The smallest absolute Gasteiger partial charge is 0.238 e. The third-order valence-electron chi connectivity index (χ3n) is 14.8. The first-order valence-electron chi connectivity index (χ1n) is 29.6. The average molecular weight is 996 g/mol. The molecule has 0 amide bonds. The van der Waals surface area contributed by atoms with Gasteiger partial charge in [-0.3, -0.25) is 4.57 Å². The minimum Gasteiger partial charge on any atom is -0.309 e.